The van der Waals surface area contributed by atoms with Gasteiger partial charge in [0.2, 0.25) is 5.91 Å². The summed E-state index contributed by atoms with van der Waals surface area (Å²) in [6, 6.07) is 9.00. The molecule has 4 rings (SSSR count). The average Bonchev–Trinajstić information content (AvgIpc) is 3.45. The number of hydrazone groups is 1. The maximum absolute atomic E-state index is 13.4. The molecule has 3 aliphatic heterocycles. The van der Waals surface area contributed by atoms with Crippen LogP contribution in [0.5, 0.6) is 0 Å². The Labute approximate surface area is 177 Å². The van der Waals surface area contributed by atoms with Crippen LogP contribution in [0.3, 0.4) is 0 Å². The summed E-state index contributed by atoms with van der Waals surface area (Å²) < 4.78 is 10.9. The molecule has 0 saturated carbocycles. The largest absolute Gasteiger partial charge is 0.461 e. The minimum atomic E-state index is -0.517. The van der Waals surface area contributed by atoms with E-state index in [0.29, 0.717) is 24.9 Å². The van der Waals surface area contributed by atoms with Crippen LogP contribution >= 0.6 is 0 Å². The molecule has 0 aromatic heterocycles. The molecule has 162 valence electrons. The lowest BCUT2D eigenvalue weighted by molar-refractivity contribution is -0.135. The van der Waals surface area contributed by atoms with Gasteiger partial charge in [0, 0.05) is 45.8 Å². The second-order valence-electron chi connectivity index (χ2n) is 7.93. The Morgan fingerprint density at radius 1 is 1.17 bits per heavy atom. The third kappa shape index (κ3) is 4.65. The molecule has 2 unspecified atom stereocenters. The molecule has 0 N–H and O–H groups in total. The van der Waals surface area contributed by atoms with E-state index in [1.54, 1.807) is 11.9 Å². The van der Waals surface area contributed by atoms with Crippen molar-refractivity contribution in [2.75, 3.05) is 50.9 Å². The molecule has 30 heavy (non-hydrogen) atoms. The Balaban J connectivity index is 1.41. The van der Waals surface area contributed by atoms with Gasteiger partial charge in [-0.1, -0.05) is 18.2 Å². The molecule has 0 radical (unpaired) electrons. The summed E-state index contributed by atoms with van der Waals surface area (Å²) in [5.41, 5.74) is 1.10. The molecule has 0 bridgehead atoms. The Hall–Kier alpha value is -2.45. The molecule has 0 spiro atoms. The van der Waals surface area contributed by atoms with E-state index < -0.39 is 12.0 Å². The maximum atomic E-state index is 13.4. The molecule has 8 heteroatoms. The maximum Gasteiger partial charge on any atom is 0.354 e. The fourth-order valence-electron chi connectivity index (χ4n) is 4.30. The Morgan fingerprint density at radius 3 is 2.60 bits per heavy atom. The van der Waals surface area contributed by atoms with Gasteiger partial charge in [-0.3, -0.25) is 14.7 Å². The van der Waals surface area contributed by atoms with Crippen LogP contribution in [0.1, 0.15) is 26.2 Å². The highest BCUT2D eigenvalue weighted by Gasteiger charge is 2.39. The number of carbonyl (C=O) groups is 2. The molecule has 1 aromatic rings. The van der Waals surface area contributed by atoms with Crippen molar-refractivity contribution in [2.24, 2.45) is 5.10 Å². The summed E-state index contributed by atoms with van der Waals surface area (Å²) in [5, 5.41) is 6.13. The van der Waals surface area contributed by atoms with Gasteiger partial charge in [-0.15, -0.1) is 0 Å². The van der Waals surface area contributed by atoms with Crippen LogP contribution in [0, 0.1) is 0 Å². The van der Waals surface area contributed by atoms with Gasteiger partial charge in [0.1, 0.15) is 11.8 Å². The first-order chi connectivity index (χ1) is 14.7. The van der Waals surface area contributed by atoms with Gasteiger partial charge in [0.15, 0.2) is 0 Å². The van der Waals surface area contributed by atoms with Gasteiger partial charge in [0.05, 0.1) is 18.4 Å². The predicted molar refractivity (Wildman–Crippen MR) is 113 cm³/mol. The number of amides is 1. The first-order valence-corrected chi connectivity index (χ1v) is 10.9. The number of ether oxygens (including phenoxy) is 2. The highest BCUT2D eigenvalue weighted by Crippen LogP contribution is 2.26. The number of rotatable bonds is 6. The van der Waals surface area contributed by atoms with Gasteiger partial charge in [0.25, 0.3) is 0 Å². The van der Waals surface area contributed by atoms with Crippen molar-refractivity contribution in [2.45, 2.75) is 38.3 Å². The van der Waals surface area contributed by atoms with Gasteiger partial charge in [-0.05, 0) is 31.9 Å². The molecular formula is C22H30N4O4. The van der Waals surface area contributed by atoms with E-state index >= 15 is 0 Å². The summed E-state index contributed by atoms with van der Waals surface area (Å²) in [7, 11) is 0. The van der Waals surface area contributed by atoms with E-state index in [-0.39, 0.29) is 18.9 Å². The lowest BCUT2D eigenvalue weighted by atomic mass is 10.1. The number of hydrogen-bond donors (Lipinski definition) is 0. The molecule has 3 aliphatic rings. The van der Waals surface area contributed by atoms with Gasteiger partial charge < -0.3 is 14.4 Å². The number of anilines is 1. The second kappa shape index (κ2) is 9.57. The predicted octanol–water partition coefficient (Wildman–Crippen LogP) is 1.51. The van der Waals surface area contributed by atoms with Crippen molar-refractivity contribution < 1.29 is 19.1 Å². The molecule has 1 amide bonds. The van der Waals surface area contributed by atoms with E-state index in [1.165, 1.54) is 0 Å². The van der Waals surface area contributed by atoms with Crippen molar-refractivity contribution in [1.29, 1.82) is 0 Å². The molecule has 2 saturated heterocycles. The van der Waals surface area contributed by atoms with Crippen molar-refractivity contribution >= 4 is 23.3 Å². The monoisotopic (exact) mass is 414 g/mol. The number of nitrogens with zero attached hydrogens (tertiary/aromatic N) is 4. The highest BCUT2D eigenvalue weighted by atomic mass is 16.5. The Kier molecular flexibility index (Phi) is 6.64. The minimum absolute atomic E-state index is 0.0127. The number of carbonyl (C=O) groups excluding carboxylic acids is 2. The second-order valence-corrected chi connectivity index (χ2v) is 7.93. The minimum Gasteiger partial charge on any atom is -0.461 e. The van der Waals surface area contributed by atoms with E-state index in [1.807, 2.05) is 35.2 Å². The zero-order chi connectivity index (χ0) is 20.9. The molecule has 1 aromatic carbocycles. The standard InChI is InChI=1S/C22H30N4O4/c1-2-29-22(28)19-15-20(26(23-19)17-7-4-3-5-8-17)21(27)25-12-10-24(11-13-25)16-18-9-6-14-30-18/h3-5,7-8,18,20H,2,6,9-16H2,1H3. The summed E-state index contributed by atoms with van der Waals surface area (Å²) >= 11 is 0. The van der Waals surface area contributed by atoms with Crippen molar-refractivity contribution in [3.63, 3.8) is 0 Å². The number of hydrogen-bond acceptors (Lipinski definition) is 7. The molecule has 2 atom stereocenters. The fraction of sp³-hybridized carbons (Fsp3) is 0.591. The van der Waals surface area contributed by atoms with E-state index in [0.717, 1.165) is 44.8 Å². The smallest absolute Gasteiger partial charge is 0.354 e. The van der Waals surface area contributed by atoms with Crippen molar-refractivity contribution in [3.8, 4) is 0 Å². The summed E-state index contributed by atoms with van der Waals surface area (Å²) in [5.74, 6) is -0.436. The number of benzene rings is 1. The highest BCUT2D eigenvalue weighted by molar-refractivity contribution is 6.38. The Morgan fingerprint density at radius 2 is 1.93 bits per heavy atom. The Bertz CT molecular complexity index is 771. The SMILES string of the molecule is CCOC(=O)C1=NN(c2ccccc2)C(C(=O)N2CCN(CC3CCCO3)CC2)C1. The summed E-state index contributed by atoms with van der Waals surface area (Å²) in [6.45, 7) is 6.90. The van der Waals surface area contributed by atoms with Crippen LogP contribution < -0.4 is 5.01 Å². The molecule has 2 fully saturated rings. The van der Waals surface area contributed by atoms with Crippen LogP contribution in [-0.4, -0.2) is 85.5 Å². The number of piperazine rings is 1. The zero-order valence-electron chi connectivity index (χ0n) is 17.5. The lowest BCUT2D eigenvalue weighted by Crippen LogP contribution is -2.54. The van der Waals surface area contributed by atoms with E-state index in [2.05, 4.69) is 10.0 Å². The topological polar surface area (TPSA) is 74.7 Å². The lowest BCUT2D eigenvalue weighted by Gasteiger charge is -2.37. The van der Waals surface area contributed by atoms with E-state index in [9.17, 15) is 9.59 Å². The molecule has 8 nitrogen and oxygen atoms in total. The quantitative estimate of drug-likeness (QED) is 0.657. The normalized spacial score (nSPS) is 24.8. The molecule has 3 heterocycles. The average molecular weight is 415 g/mol. The molecule has 0 aliphatic carbocycles. The number of esters is 1. The van der Waals surface area contributed by atoms with Crippen molar-refractivity contribution in [1.82, 2.24) is 9.80 Å². The summed E-state index contributed by atoms with van der Waals surface area (Å²) in [6.07, 6.45) is 2.86. The van der Waals surface area contributed by atoms with Gasteiger partial charge in [-0.2, -0.15) is 5.10 Å². The zero-order valence-corrected chi connectivity index (χ0v) is 17.5. The number of para-hydroxylation sites is 1. The molecular weight excluding hydrogens is 384 g/mol. The van der Waals surface area contributed by atoms with Crippen LogP contribution in [0.4, 0.5) is 5.69 Å². The van der Waals surface area contributed by atoms with Gasteiger partial charge >= 0.3 is 5.97 Å². The van der Waals surface area contributed by atoms with Gasteiger partial charge in [-0.25, -0.2) is 4.79 Å². The van der Waals surface area contributed by atoms with Crippen molar-refractivity contribution in [3.05, 3.63) is 30.3 Å². The third-order valence-electron chi connectivity index (χ3n) is 5.90. The van der Waals surface area contributed by atoms with Crippen LogP contribution in [0.2, 0.25) is 0 Å². The van der Waals surface area contributed by atoms with Crippen LogP contribution in [0.25, 0.3) is 0 Å². The third-order valence-corrected chi connectivity index (χ3v) is 5.90. The first kappa shape index (κ1) is 20.8. The van der Waals surface area contributed by atoms with Crippen LogP contribution in [-0.2, 0) is 19.1 Å². The summed E-state index contributed by atoms with van der Waals surface area (Å²) in [4.78, 5) is 29.9. The van der Waals surface area contributed by atoms with E-state index in [4.69, 9.17) is 9.47 Å². The van der Waals surface area contributed by atoms with Crippen LogP contribution in [0.15, 0.2) is 35.4 Å². The fourth-order valence-corrected chi connectivity index (χ4v) is 4.30. The first-order valence-electron chi connectivity index (χ1n) is 10.9.